The zero-order chi connectivity index (χ0) is 13.1. The fourth-order valence-electron chi connectivity index (χ4n) is 3.01. The van der Waals surface area contributed by atoms with E-state index >= 15 is 0 Å². The number of aromatic nitrogens is 1. The molecule has 0 saturated carbocycles. The summed E-state index contributed by atoms with van der Waals surface area (Å²) in [6.45, 7) is 4.71. The smallest absolute Gasteiger partial charge is 0.181 e. The Kier molecular flexibility index (Phi) is 4.15. The van der Waals surface area contributed by atoms with E-state index in [-0.39, 0.29) is 0 Å². The Labute approximate surface area is 114 Å². The first kappa shape index (κ1) is 13.1. The van der Waals surface area contributed by atoms with Gasteiger partial charge in [0.25, 0.3) is 0 Å². The minimum atomic E-state index is 0.378. The highest BCUT2D eigenvalue weighted by molar-refractivity contribution is 5.13. The van der Waals surface area contributed by atoms with Gasteiger partial charge in [0.1, 0.15) is 5.76 Å². The van der Waals surface area contributed by atoms with Crippen molar-refractivity contribution >= 4 is 0 Å². The van der Waals surface area contributed by atoms with Crippen LogP contribution in [0.15, 0.2) is 10.8 Å². The Hall–Kier alpha value is -0.910. The van der Waals surface area contributed by atoms with Crippen LogP contribution in [0.1, 0.15) is 43.1 Å². The number of hydrogen-bond donors (Lipinski definition) is 1. The second kappa shape index (κ2) is 6.03. The molecule has 1 aromatic heterocycles. The molecule has 0 spiro atoms. The molecule has 106 valence electrons. The topological polar surface area (TPSA) is 64.5 Å². The number of rotatable bonds is 3. The number of nitrogens with zero attached hydrogens (tertiary/aromatic N) is 2. The lowest BCUT2D eigenvalue weighted by Crippen LogP contribution is -2.39. The molecule has 5 heteroatoms. The standard InChI is InChI=1S/C14H23N3O2/c15-12-1-5-17(6-2-12)9-13-14(19-10-16-13)11-3-7-18-8-4-11/h10-12H,1-9,15H2. The van der Waals surface area contributed by atoms with Gasteiger partial charge in [0.05, 0.1) is 5.69 Å². The Balaban J connectivity index is 1.63. The minimum absolute atomic E-state index is 0.378. The maximum Gasteiger partial charge on any atom is 0.181 e. The van der Waals surface area contributed by atoms with E-state index in [4.69, 9.17) is 14.9 Å². The van der Waals surface area contributed by atoms with Gasteiger partial charge < -0.3 is 14.9 Å². The summed E-state index contributed by atoms with van der Waals surface area (Å²) >= 11 is 0. The number of hydrogen-bond acceptors (Lipinski definition) is 5. The predicted octanol–water partition coefficient (Wildman–Crippen LogP) is 1.49. The van der Waals surface area contributed by atoms with Crippen LogP contribution >= 0.6 is 0 Å². The van der Waals surface area contributed by atoms with Crippen LogP contribution in [0, 0.1) is 0 Å². The summed E-state index contributed by atoms with van der Waals surface area (Å²) in [5.41, 5.74) is 7.06. The van der Waals surface area contributed by atoms with Gasteiger partial charge in [0.15, 0.2) is 6.39 Å². The van der Waals surface area contributed by atoms with Gasteiger partial charge in [-0.3, -0.25) is 4.90 Å². The average molecular weight is 265 g/mol. The lowest BCUT2D eigenvalue weighted by molar-refractivity contribution is 0.0800. The zero-order valence-electron chi connectivity index (χ0n) is 11.4. The molecule has 1 aromatic rings. The lowest BCUT2D eigenvalue weighted by atomic mass is 9.95. The van der Waals surface area contributed by atoms with Crippen molar-refractivity contribution in [2.75, 3.05) is 26.3 Å². The summed E-state index contributed by atoms with van der Waals surface area (Å²) in [4.78, 5) is 6.86. The predicted molar refractivity (Wildman–Crippen MR) is 71.8 cm³/mol. The molecule has 19 heavy (non-hydrogen) atoms. The number of ether oxygens (including phenoxy) is 1. The molecule has 0 unspecified atom stereocenters. The van der Waals surface area contributed by atoms with E-state index in [0.29, 0.717) is 12.0 Å². The number of piperidine rings is 1. The van der Waals surface area contributed by atoms with Crippen LogP contribution in [0.4, 0.5) is 0 Å². The molecule has 0 amide bonds. The van der Waals surface area contributed by atoms with E-state index in [1.54, 1.807) is 6.39 Å². The Morgan fingerprint density at radius 3 is 2.68 bits per heavy atom. The van der Waals surface area contributed by atoms with Gasteiger partial charge in [-0.25, -0.2) is 4.98 Å². The molecule has 2 aliphatic heterocycles. The second-order valence-corrected chi connectivity index (χ2v) is 5.66. The summed E-state index contributed by atoms with van der Waals surface area (Å²) in [6, 6.07) is 0.378. The highest BCUT2D eigenvalue weighted by Crippen LogP contribution is 2.29. The molecule has 3 rings (SSSR count). The highest BCUT2D eigenvalue weighted by atomic mass is 16.5. The molecular weight excluding hydrogens is 242 g/mol. The third-order valence-electron chi connectivity index (χ3n) is 4.27. The summed E-state index contributed by atoms with van der Waals surface area (Å²) < 4.78 is 11.1. The van der Waals surface area contributed by atoms with Crippen LogP contribution in [-0.2, 0) is 11.3 Å². The van der Waals surface area contributed by atoms with E-state index in [1.807, 2.05) is 0 Å². The summed E-state index contributed by atoms with van der Waals surface area (Å²) in [5.74, 6) is 1.57. The van der Waals surface area contributed by atoms with Crippen molar-refractivity contribution < 1.29 is 9.15 Å². The molecule has 0 aromatic carbocycles. The van der Waals surface area contributed by atoms with Crippen LogP contribution in [0.2, 0.25) is 0 Å². The van der Waals surface area contributed by atoms with Gasteiger partial charge in [-0.05, 0) is 25.7 Å². The van der Waals surface area contributed by atoms with Gasteiger partial charge >= 0.3 is 0 Å². The van der Waals surface area contributed by atoms with E-state index in [1.165, 1.54) is 0 Å². The fourth-order valence-corrected chi connectivity index (χ4v) is 3.01. The number of oxazole rings is 1. The van der Waals surface area contributed by atoms with E-state index < -0.39 is 0 Å². The SMILES string of the molecule is NC1CCN(Cc2ncoc2C2CCOCC2)CC1. The molecule has 3 heterocycles. The molecular formula is C14H23N3O2. The molecule has 2 fully saturated rings. The summed E-state index contributed by atoms with van der Waals surface area (Å²) in [6.07, 6.45) is 5.87. The molecule has 2 N–H and O–H groups in total. The van der Waals surface area contributed by atoms with Crippen LogP contribution in [0.3, 0.4) is 0 Å². The van der Waals surface area contributed by atoms with Crippen molar-refractivity contribution in [3.8, 4) is 0 Å². The molecule has 2 aliphatic rings. The first-order valence-electron chi connectivity index (χ1n) is 7.31. The maximum absolute atomic E-state index is 5.94. The molecule has 0 bridgehead atoms. The summed E-state index contributed by atoms with van der Waals surface area (Å²) in [7, 11) is 0. The Morgan fingerprint density at radius 1 is 1.21 bits per heavy atom. The minimum Gasteiger partial charge on any atom is -0.448 e. The van der Waals surface area contributed by atoms with E-state index in [2.05, 4.69) is 9.88 Å². The highest BCUT2D eigenvalue weighted by Gasteiger charge is 2.25. The lowest BCUT2D eigenvalue weighted by Gasteiger charge is -2.30. The zero-order valence-corrected chi connectivity index (χ0v) is 11.4. The van der Waals surface area contributed by atoms with Crippen molar-refractivity contribution in [2.24, 2.45) is 5.73 Å². The van der Waals surface area contributed by atoms with Crippen molar-refractivity contribution in [3.05, 3.63) is 17.8 Å². The van der Waals surface area contributed by atoms with E-state index in [0.717, 1.165) is 70.0 Å². The summed E-state index contributed by atoms with van der Waals surface area (Å²) in [5, 5.41) is 0. The molecule has 0 aliphatic carbocycles. The number of likely N-dealkylation sites (tertiary alicyclic amines) is 1. The molecule has 2 saturated heterocycles. The van der Waals surface area contributed by atoms with Gasteiger partial charge in [-0.2, -0.15) is 0 Å². The van der Waals surface area contributed by atoms with Crippen molar-refractivity contribution in [2.45, 2.75) is 44.2 Å². The Bertz CT molecular complexity index is 393. The van der Waals surface area contributed by atoms with Gasteiger partial charge in [-0.15, -0.1) is 0 Å². The fraction of sp³-hybridized carbons (Fsp3) is 0.786. The van der Waals surface area contributed by atoms with Crippen molar-refractivity contribution in [1.82, 2.24) is 9.88 Å². The first-order valence-corrected chi connectivity index (χ1v) is 7.31. The third kappa shape index (κ3) is 3.16. The van der Waals surface area contributed by atoms with Crippen LogP contribution in [0.25, 0.3) is 0 Å². The quantitative estimate of drug-likeness (QED) is 0.897. The second-order valence-electron chi connectivity index (χ2n) is 5.66. The van der Waals surface area contributed by atoms with E-state index in [9.17, 15) is 0 Å². The molecule has 5 nitrogen and oxygen atoms in total. The van der Waals surface area contributed by atoms with Crippen molar-refractivity contribution in [1.29, 1.82) is 0 Å². The molecule has 0 radical (unpaired) electrons. The normalized spacial score (nSPS) is 23.8. The third-order valence-corrected chi connectivity index (χ3v) is 4.27. The number of nitrogens with two attached hydrogens (primary N) is 1. The largest absolute Gasteiger partial charge is 0.448 e. The monoisotopic (exact) mass is 265 g/mol. The first-order chi connectivity index (χ1) is 9.33. The Morgan fingerprint density at radius 2 is 1.95 bits per heavy atom. The van der Waals surface area contributed by atoms with Crippen LogP contribution < -0.4 is 5.73 Å². The van der Waals surface area contributed by atoms with Crippen LogP contribution in [-0.4, -0.2) is 42.2 Å². The van der Waals surface area contributed by atoms with Gasteiger partial charge in [0, 0.05) is 44.8 Å². The average Bonchev–Trinajstić information content (AvgIpc) is 2.90. The van der Waals surface area contributed by atoms with Gasteiger partial charge in [0.2, 0.25) is 0 Å². The van der Waals surface area contributed by atoms with Crippen LogP contribution in [0.5, 0.6) is 0 Å². The molecule has 0 atom stereocenters. The van der Waals surface area contributed by atoms with Gasteiger partial charge in [-0.1, -0.05) is 0 Å². The maximum atomic E-state index is 5.94. The van der Waals surface area contributed by atoms with Crippen molar-refractivity contribution in [3.63, 3.8) is 0 Å².